The van der Waals surface area contributed by atoms with Crippen LogP contribution in [0, 0.1) is 12.7 Å². The van der Waals surface area contributed by atoms with Crippen LogP contribution in [-0.4, -0.2) is 26.8 Å². The molecule has 7 heteroatoms. The Kier molecular flexibility index (Phi) is 3.55. The second kappa shape index (κ2) is 5.51. The Bertz CT molecular complexity index is 649. The molecule has 110 valence electrons. The Morgan fingerprint density at radius 3 is 3.10 bits per heavy atom. The van der Waals surface area contributed by atoms with E-state index in [4.69, 9.17) is 0 Å². The maximum atomic E-state index is 13.3. The quantitative estimate of drug-likeness (QED) is 0.886. The molecule has 0 bridgehead atoms. The molecule has 0 spiro atoms. The third-order valence-electron chi connectivity index (χ3n) is 3.44. The van der Waals surface area contributed by atoms with Crippen molar-refractivity contribution in [3.05, 3.63) is 41.7 Å². The third-order valence-corrected chi connectivity index (χ3v) is 3.44. The fourth-order valence-corrected chi connectivity index (χ4v) is 2.52. The van der Waals surface area contributed by atoms with E-state index in [1.807, 2.05) is 0 Å². The second-order valence-corrected chi connectivity index (χ2v) is 5.21. The number of nitrogens with zero attached hydrogens (tertiary/aromatic N) is 3. The van der Waals surface area contributed by atoms with Gasteiger partial charge < -0.3 is 10.6 Å². The fraction of sp³-hybridized carbons (Fsp3) is 0.357. The van der Waals surface area contributed by atoms with E-state index in [0.29, 0.717) is 12.2 Å². The van der Waals surface area contributed by atoms with Gasteiger partial charge in [-0.3, -0.25) is 0 Å². The van der Waals surface area contributed by atoms with Crippen LogP contribution in [0.5, 0.6) is 0 Å². The minimum atomic E-state index is -0.366. The largest absolute Gasteiger partial charge is 0.333 e. The molecule has 1 aliphatic rings. The molecule has 6 nitrogen and oxygen atoms in total. The molecule has 2 aromatic rings. The molecule has 0 radical (unpaired) electrons. The van der Waals surface area contributed by atoms with Crippen molar-refractivity contribution < 1.29 is 9.18 Å². The lowest BCUT2D eigenvalue weighted by Crippen LogP contribution is -2.43. The Labute approximate surface area is 121 Å². The molecule has 0 saturated carbocycles. The number of benzene rings is 1. The van der Waals surface area contributed by atoms with Gasteiger partial charge in [0.25, 0.3) is 0 Å². The van der Waals surface area contributed by atoms with E-state index in [1.54, 1.807) is 17.7 Å². The van der Waals surface area contributed by atoms with Crippen LogP contribution < -0.4 is 10.6 Å². The molecule has 1 atom stereocenters. The molecule has 2 heterocycles. The fourth-order valence-electron chi connectivity index (χ4n) is 2.52. The molecule has 1 aromatic heterocycles. The highest BCUT2D eigenvalue weighted by molar-refractivity contribution is 5.89. The van der Waals surface area contributed by atoms with Crippen LogP contribution in [0.3, 0.4) is 0 Å². The predicted octanol–water partition coefficient (Wildman–Crippen LogP) is 1.86. The Morgan fingerprint density at radius 1 is 1.43 bits per heavy atom. The topological polar surface area (TPSA) is 71.8 Å². The molecule has 0 unspecified atom stereocenters. The zero-order valence-electron chi connectivity index (χ0n) is 11.6. The first kappa shape index (κ1) is 13.5. The lowest BCUT2D eigenvalue weighted by molar-refractivity contribution is 0.243. The van der Waals surface area contributed by atoms with E-state index >= 15 is 0 Å². The smallest absolute Gasteiger partial charge is 0.319 e. The van der Waals surface area contributed by atoms with Gasteiger partial charge in [0, 0.05) is 12.1 Å². The normalized spacial score (nSPS) is 17.1. The molecule has 1 aliphatic heterocycles. The summed E-state index contributed by atoms with van der Waals surface area (Å²) in [7, 11) is 0. The van der Waals surface area contributed by atoms with Crippen LogP contribution in [0.2, 0.25) is 0 Å². The van der Waals surface area contributed by atoms with Crippen molar-refractivity contribution in [3.63, 3.8) is 0 Å². The highest BCUT2D eigenvalue weighted by Gasteiger charge is 2.21. The molecule has 2 amide bonds. The summed E-state index contributed by atoms with van der Waals surface area (Å²) in [5.74, 6) is 0.574. The summed E-state index contributed by atoms with van der Waals surface area (Å²) in [4.78, 5) is 16.1. The van der Waals surface area contributed by atoms with Crippen molar-refractivity contribution >= 4 is 11.7 Å². The Balaban J connectivity index is 1.60. The number of nitrogens with one attached hydrogen (secondary N) is 2. The Hall–Kier alpha value is -2.44. The van der Waals surface area contributed by atoms with Crippen molar-refractivity contribution in [2.24, 2.45) is 0 Å². The van der Waals surface area contributed by atoms with Crippen molar-refractivity contribution in [2.75, 3.05) is 5.32 Å². The summed E-state index contributed by atoms with van der Waals surface area (Å²) < 4.78 is 15.1. The predicted molar refractivity (Wildman–Crippen MR) is 75.4 cm³/mol. The van der Waals surface area contributed by atoms with Gasteiger partial charge in [-0.15, -0.1) is 0 Å². The highest BCUT2D eigenvalue weighted by Crippen LogP contribution is 2.14. The van der Waals surface area contributed by atoms with Crippen LogP contribution in [0.4, 0.5) is 14.9 Å². The van der Waals surface area contributed by atoms with E-state index in [2.05, 4.69) is 20.7 Å². The molecule has 21 heavy (non-hydrogen) atoms. The molecule has 2 N–H and O–H groups in total. The number of anilines is 1. The van der Waals surface area contributed by atoms with E-state index in [1.165, 1.54) is 18.5 Å². The number of urea groups is 1. The first-order valence-electron chi connectivity index (χ1n) is 6.81. The number of carbonyl (C=O) groups is 1. The van der Waals surface area contributed by atoms with Crippen molar-refractivity contribution in [2.45, 2.75) is 32.4 Å². The zero-order valence-corrected chi connectivity index (χ0v) is 11.6. The van der Waals surface area contributed by atoms with Gasteiger partial charge in [-0.2, -0.15) is 5.10 Å². The first-order valence-corrected chi connectivity index (χ1v) is 6.81. The van der Waals surface area contributed by atoms with Gasteiger partial charge in [0.1, 0.15) is 18.0 Å². The number of hydrogen-bond donors (Lipinski definition) is 2. The average Bonchev–Trinajstić information content (AvgIpc) is 2.84. The van der Waals surface area contributed by atoms with Gasteiger partial charge >= 0.3 is 6.03 Å². The van der Waals surface area contributed by atoms with Crippen molar-refractivity contribution in [1.82, 2.24) is 20.1 Å². The summed E-state index contributed by atoms with van der Waals surface area (Å²) in [5.41, 5.74) is 1.21. The maximum Gasteiger partial charge on any atom is 0.319 e. The first-order chi connectivity index (χ1) is 10.1. The second-order valence-electron chi connectivity index (χ2n) is 5.21. The van der Waals surface area contributed by atoms with Gasteiger partial charge in [0.15, 0.2) is 0 Å². The molecular weight excluding hydrogens is 273 g/mol. The van der Waals surface area contributed by atoms with E-state index in [-0.39, 0.29) is 17.9 Å². The summed E-state index contributed by atoms with van der Waals surface area (Å²) in [6, 6.07) is 4.08. The summed E-state index contributed by atoms with van der Waals surface area (Å²) in [6.07, 6.45) is 3.12. The van der Waals surface area contributed by atoms with E-state index < -0.39 is 0 Å². The van der Waals surface area contributed by atoms with Gasteiger partial charge in [0.2, 0.25) is 0 Å². The number of aromatic nitrogens is 3. The summed E-state index contributed by atoms with van der Waals surface area (Å²) in [5, 5.41) is 9.63. The number of amides is 2. The van der Waals surface area contributed by atoms with Gasteiger partial charge in [-0.05, 0) is 37.1 Å². The lowest BCUT2D eigenvalue weighted by atomic mass is 10.1. The summed E-state index contributed by atoms with van der Waals surface area (Å²) in [6.45, 7) is 2.38. The van der Waals surface area contributed by atoms with Crippen molar-refractivity contribution in [1.29, 1.82) is 0 Å². The molecule has 1 aromatic carbocycles. The number of aryl methyl sites for hydroxylation is 2. The Morgan fingerprint density at radius 2 is 2.29 bits per heavy atom. The van der Waals surface area contributed by atoms with E-state index in [9.17, 15) is 9.18 Å². The number of halogens is 1. The van der Waals surface area contributed by atoms with Gasteiger partial charge in [0.05, 0.1) is 12.6 Å². The van der Waals surface area contributed by atoms with Crippen LogP contribution in [0.15, 0.2) is 24.5 Å². The lowest BCUT2D eigenvalue weighted by Gasteiger charge is -2.23. The number of hydrogen-bond acceptors (Lipinski definition) is 3. The molecular formula is C14H16FN5O. The van der Waals surface area contributed by atoms with Crippen molar-refractivity contribution in [3.8, 4) is 0 Å². The van der Waals surface area contributed by atoms with Crippen LogP contribution in [-0.2, 0) is 13.0 Å². The summed E-state index contributed by atoms with van der Waals surface area (Å²) >= 11 is 0. The minimum Gasteiger partial charge on any atom is -0.333 e. The monoisotopic (exact) mass is 289 g/mol. The zero-order chi connectivity index (χ0) is 14.8. The SMILES string of the molecule is Cc1cc(F)cc(NC(=O)N[C@@H]2CCc3ncnn3C2)c1. The number of rotatable bonds is 2. The van der Waals surface area contributed by atoms with Crippen LogP contribution in [0.25, 0.3) is 0 Å². The molecule has 0 aliphatic carbocycles. The molecule has 0 fully saturated rings. The molecule has 0 saturated heterocycles. The minimum absolute atomic E-state index is 0.00569. The van der Waals surface area contributed by atoms with Gasteiger partial charge in [-0.1, -0.05) is 0 Å². The third kappa shape index (κ3) is 3.18. The van der Waals surface area contributed by atoms with Gasteiger partial charge in [-0.25, -0.2) is 18.9 Å². The number of fused-ring (bicyclic) bond motifs is 1. The maximum absolute atomic E-state index is 13.3. The molecule has 3 rings (SSSR count). The van der Waals surface area contributed by atoms with Crippen LogP contribution >= 0.6 is 0 Å². The highest BCUT2D eigenvalue weighted by atomic mass is 19.1. The van der Waals surface area contributed by atoms with E-state index in [0.717, 1.165) is 24.2 Å². The number of carbonyl (C=O) groups excluding carboxylic acids is 1. The standard InChI is InChI=1S/C14H16FN5O/c1-9-4-10(15)6-12(5-9)19-14(21)18-11-2-3-13-16-8-17-20(13)7-11/h4-6,8,11H,2-3,7H2,1H3,(H2,18,19,21)/t11-/m1/s1. The van der Waals surface area contributed by atoms with Crippen LogP contribution in [0.1, 0.15) is 17.8 Å². The average molecular weight is 289 g/mol.